The number of amides is 2. The highest BCUT2D eigenvalue weighted by Crippen LogP contribution is 2.25. The fraction of sp³-hybridized carbons (Fsp3) is 0.471. The molecule has 0 aliphatic carbocycles. The van der Waals surface area contributed by atoms with Gasteiger partial charge in [-0.15, -0.1) is 0 Å². The lowest BCUT2D eigenvalue weighted by Gasteiger charge is -2.17. The number of carbonyl (C=O) groups excluding carboxylic acids is 3. The topological polar surface area (TPSA) is 75.7 Å². The van der Waals surface area contributed by atoms with E-state index in [-0.39, 0.29) is 36.5 Å². The molecule has 1 atom stereocenters. The van der Waals surface area contributed by atoms with E-state index >= 15 is 0 Å². The average Bonchev–Trinajstić information content (AvgIpc) is 2.93. The van der Waals surface area contributed by atoms with Crippen molar-refractivity contribution >= 4 is 35.1 Å². The van der Waals surface area contributed by atoms with Crippen molar-refractivity contribution in [3.63, 3.8) is 0 Å². The second-order valence-electron chi connectivity index (χ2n) is 5.66. The Bertz CT molecular complexity index is 603. The van der Waals surface area contributed by atoms with E-state index in [1.807, 2.05) is 0 Å². The number of benzene rings is 1. The van der Waals surface area contributed by atoms with Crippen molar-refractivity contribution in [3.05, 3.63) is 29.3 Å². The third kappa shape index (κ3) is 5.23. The molecule has 1 unspecified atom stereocenters. The zero-order valence-corrected chi connectivity index (χ0v) is 14.3. The third-order valence-electron chi connectivity index (χ3n) is 3.79. The highest BCUT2D eigenvalue weighted by atomic mass is 35.5. The van der Waals surface area contributed by atoms with Crippen molar-refractivity contribution in [1.29, 1.82) is 0 Å². The molecule has 1 N–H and O–H groups in total. The molecule has 6 nitrogen and oxygen atoms in total. The molecular weight excluding hydrogens is 332 g/mol. The molecule has 1 aromatic rings. The van der Waals surface area contributed by atoms with Crippen LogP contribution in [0.4, 0.5) is 5.69 Å². The van der Waals surface area contributed by atoms with Gasteiger partial charge in [-0.2, -0.15) is 0 Å². The molecule has 2 amide bonds. The van der Waals surface area contributed by atoms with Crippen molar-refractivity contribution in [3.8, 4) is 0 Å². The first-order chi connectivity index (χ1) is 11.5. The van der Waals surface area contributed by atoms with Gasteiger partial charge in [0, 0.05) is 42.6 Å². The number of anilines is 1. The number of ether oxygens (including phenoxy) is 1. The van der Waals surface area contributed by atoms with Gasteiger partial charge in [-0.05, 0) is 31.2 Å². The minimum absolute atomic E-state index is 0.0306. The Morgan fingerprint density at radius 3 is 2.67 bits per heavy atom. The van der Waals surface area contributed by atoms with E-state index in [0.29, 0.717) is 31.1 Å². The van der Waals surface area contributed by atoms with E-state index in [1.165, 1.54) is 0 Å². The molecule has 1 aliphatic heterocycles. The summed E-state index contributed by atoms with van der Waals surface area (Å²) >= 11 is 5.86. The van der Waals surface area contributed by atoms with Crippen LogP contribution in [-0.4, -0.2) is 37.5 Å². The number of hydrogen-bond donors (Lipinski definition) is 1. The van der Waals surface area contributed by atoms with Gasteiger partial charge in [0.2, 0.25) is 11.8 Å². The van der Waals surface area contributed by atoms with Gasteiger partial charge in [-0.1, -0.05) is 11.6 Å². The maximum atomic E-state index is 12.1. The van der Waals surface area contributed by atoms with Crippen LogP contribution in [-0.2, 0) is 19.1 Å². The average molecular weight is 353 g/mol. The number of esters is 1. The summed E-state index contributed by atoms with van der Waals surface area (Å²) in [5.74, 6) is -0.499. The Kier molecular flexibility index (Phi) is 6.61. The predicted molar refractivity (Wildman–Crippen MR) is 90.8 cm³/mol. The number of rotatable bonds is 7. The van der Waals surface area contributed by atoms with Crippen LogP contribution in [0.5, 0.6) is 0 Å². The largest absolute Gasteiger partial charge is 0.466 e. The van der Waals surface area contributed by atoms with Crippen LogP contribution >= 0.6 is 11.6 Å². The standard InChI is InChI=1S/C17H21ClN2O4/c1-2-24-17(23)8-7-15(21)19-10-12-9-16(22)20(11-12)14-5-3-13(18)4-6-14/h3-6,12H,2,7-11H2,1H3,(H,19,21). The van der Waals surface area contributed by atoms with Gasteiger partial charge in [0.05, 0.1) is 13.0 Å². The van der Waals surface area contributed by atoms with Gasteiger partial charge in [0.1, 0.15) is 0 Å². The van der Waals surface area contributed by atoms with E-state index in [1.54, 1.807) is 36.1 Å². The number of hydrogen-bond acceptors (Lipinski definition) is 4. The minimum Gasteiger partial charge on any atom is -0.466 e. The minimum atomic E-state index is -0.377. The van der Waals surface area contributed by atoms with E-state index < -0.39 is 0 Å². The van der Waals surface area contributed by atoms with Crippen molar-refractivity contribution in [2.24, 2.45) is 5.92 Å². The predicted octanol–water partition coefficient (Wildman–Crippen LogP) is 2.15. The van der Waals surface area contributed by atoms with Crippen LogP contribution in [0.3, 0.4) is 0 Å². The number of nitrogens with zero attached hydrogens (tertiary/aromatic N) is 1. The molecule has 0 spiro atoms. The quantitative estimate of drug-likeness (QED) is 0.763. The summed E-state index contributed by atoms with van der Waals surface area (Å²) in [5, 5.41) is 3.40. The molecule has 0 aromatic heterocycles. The van der Waals surface area contributed by atoms with Crippen molar-refractivity contribution in [1.82, 2.24) is 5.32 Å². The fourth-order valence-electron chi connectivity index (χ4n) is 2.58. The summed E-state index contributed by atoms with van der Waals surface area (Å²) in [4.78, 5) is 36.8. The van der Waals surface area contributed by atoms with Gasteiger partial charge < -0.3 is 15.0 Å². The van der Waals surface area contributed by atoms with Gasteiger partial charge in [0.15, 0.2) is 0 Å². The van der Waals surface area contributed by atoms with Crippen LogP contribution < -0.4 is 10.2 Å². The lowest BCUT2D eigenvalue weighted by molar-refractivity contribution is -0.144. The highest BCUT2D eigenvalue weighted by molar-refractivity contribution is 6.30. The van der Waals surface area contributed by atoms with Crippen molar-refractivity contribution < 1.29 is 19.1 Å². The first kappa shape index (κ1) is 18.3. The molecule has 24 heavy (non-hydrogen) atoms. The van der Waals surface area contributed by atoms with Crippen molar-refractivity contribution in [2.75, 3.05) is 24.6 Å². The highest BCUT2D eigenvalue weighted by Gasteiger charge is 2.30. The molecule has 1 heterocycles. The van der Waals surface area contributed by atoms with Gasteiger partial charge in [-0.25, -0.2) is 0 Å². The molecular formula is C17H21ClN2O4. The summed E-state index contributed by atoms with van der Waals surface area (Å²) in [6.45, 7) is 3.00. The Hall–Kier alpha value is -2.08. The Balaban J connectivity index is 1.76. The third-order valence-corrected chi connectivity index (χ3v) is 4.04. The second kappa shape index (κ2) is 8.68. The smallest absolute Gasteiger partial charge is 0.306 e. The van der Waals surface area contributed by atoms with E-state index in [2.05, 4.69) is 5.32 Å². The molecule has 1 fully saturated rings. The van der Waals surface area contributed by atoms with Crippen LogP contribution in [0.15, 0.2) is 24.3 Å². The van der Waals surface area contributed by atoms with E-state index in [9.17, 15) is 14.4 Å². The lowest BCUT2D eigenvalue weighted by Crippen LogP contribution is -2.31. The molecule has 7 heteroatoms. The zero-order chi connectivity index (χ0) is 17.5. The van der Waals surface area contributed by atoms with Crippen LogP contribution in [0.25, 0.3) is 0 Å². The summed E-state index contributed by atoms with van der Waals surface area (Å²) in [7, 11) is 0. The normalized spacial score (nSPS) is 17.0. The first-order valence-corrected chi connectivity index (χ1v) is 8.35. The summed E-state index contributed by atoms with van der Waals surface area (Å²) in [5.41, 5.74) is 0.806. The van der Waals surface area contributed by atoms with Crippen LogP contribution in [0.2, 0.25) is 5.02 Å². The Labute approximate surface area is 146 Å². The number of halogens is 1. The van der Waals surface area contributed by atoms with Crippen LogP contribution in [0.1, 0.15) is 26.2 Å². The molecule has 0 bridgehead atoms. The molecule has 0 radical (unpaired) electrons. The number of carbonyl (C=O) groups is 3. The SMILES string of the molecule is CCOC(=O)CCC(=O)NCC1CC(=O)N(c2ccc(Cl)cc2)C1. The second-order valence-corrected chi connectivity index (χ2v) is 6.10. The van der Waals surface area contributed by atoms with Crippen molar-refractivity contribution in [2.45, 2.75) is 26.2 Å². The monoisotopic (exact) mass is 352 g/mol. The summed E-state index contributed by atoms with van der Waals surface area (Å²) < 4.78 is 4.78. The van der Waals surface area contributed by atoms with Gasteiger partial charge >= 0.3 is 5.97 Å². The molecule has 0 saturated carbocycles. The first-order valence-electron chi connectivity index (χ1n) is 7.98. The zero-order valence-electron chi connectivity index (χ0n) is 13.6. The van der Waals surface area contributed by atoms with E-state index in [4.69, 9.17) is 16.3 Å². The molecule has 2 rings (SSSR count). The molecule has 1 saturated heterocycles. The molecule has 1 aliphatic rings. The maximum absolute atomic E-state index is 12.1. The lowest BCUT2D eigenvalue weighted by atomic mass is 10.1. The van der Waals surface area contributed by atoms with Gasteiger partial charge in [-0.3, -0.25) is 14.4 Å². The maximum Gasteiger partial charge on any atom is 0.306 e. The van der Waals surface area contributed by atoms with Gasteiger partial charge in [0.25, 0.3) is 0 Å². The number of nitrogens with one attached hydrogen (secondary N) is 1. The van der Waals surface area contributed by atoms with Crippen LogP contribution in [0, 0.1) is 5.92 Å². The Morgan fingerprint density at radius 1 is 1.29 bits per heavy atom. The summed E-state index contributed by atoms with van der Waals surface area (Å²) in [6, 6.07) is 7.10. The fourth-order valence-corrected chi connectivity index (χ4v) is 2.71. The Morgan fingerprint density at radius 2 is 2.00 bits per heavy atom. The molecule has 1 aromatic carbocycles. The molecule has 130 valence electrons. The summed E-state index contributed by atoms with van der Waals surface area (Å²) in [6.07, 6.45) is 0.557. The van der Waals surface area contributed by atoms with E-state index in [0.717, 1.165) is 5.69 Å².